The van der Waals surface area contributed by atoms with Crippen molar-refractivity contribution in [3.63, 3.8) is 0 Å². The van der Waals surface area contributed by atoms with Crippen LogP contribution in [0.2, 0.25) is 0 Å². The van der Waals surface area contributed by atoms with Crippen LogP contribution in [-0.4, -0.2) is 44.1 Å². The fourth-order valence-corrected chi connectivity index (χ4v) is 5.84. The van der Waals surface area contributed by atoms with Crippen molar-refractivity contribution in [2.24, 2.45) is 5.73 Å². The van der Waals surface area contributed by atoms with Crippen molar-refractivity contribution in [1.82, 2.24) is 4.57 Å². The predicted octanol–water partition coefficient (Wildman–Crippen LogP) is 3.10. The Balaban J connectivity index is 1.98. The minimum Gasteiger partial charge on any atom is -0.493 e. The van der Waals surface area contributed by atoms with Gasteiger partial charge in [0, 0.05) is 0 Å². The molecule has 1 atom stereocenters. The van der Waals surface area contributed by atoms with Gasteiger partial charge in [0.2, 0.25) is 0 Å². The van der Waals surface area contributed by atoms with E-state index < -0.39 is 17.4 Å². The molecule has 0 bridgehead atoms. The van der Waals surface area contributed by atoms with Crippen LogP contribution in [0, 0.1) is 11.3 Å². The monoisotopic (exact) mass is 591 g/mol. The highest BCUT2D eigenvalue weighted by Crippen LogP contribution is 2.40. The van der Waals surface area contributed by atoms with E-state index in [1.165, 1.54) is 25.9 Å². The molecule has 2 aromatic carbocycles. The molecule has 1 aliphatic rings. The Morgan fingerprint density at radius 1 is 0.976 bits per heavy atom. The van der Waals surface area contributed by atoms with Gasteiger partial charge in [-0.2, -0.15) is 5.26 Å². The quantitative estimate of drug-likeness (QED) is 0.373. The highest BCUT2D eigenvalue weighted by Gasteiger charge is 2.36. The average molecular weight is 592 g/mol. The van der Waals surface area contributed by atoms with E-state index >= 15 is 0 Å². The zero-order valence-electron chi connectivity index (χ0n) is 24.5. The molecule has 3 aromatic rings. The maximum Gasteiger partial charge on any atom is 0.337 e. The van der Waals surface area contributed by atoms with Crippen LogP contribution in [-0.2, 0) is 9.53 Å². The summed E-state index contributed by atoms with van der Waals surface area (Å²) in [6.07, 6.45) is 1.52. The minimum absolute atomic E-state index is 0.0331. The molecule has 10 nitrogen and oxygen atoms in total. The number of hydrogen-bond acceptors (Lipinski definition) is 10. The topological polar surface area (TPSA) is 135 Å². The first-order chi connectivity index (χ1) is 20.0. The number of hydrogen-bond donors (Lipinski definition) is 1. The van der Waals surface area contributed by atoms with Crippen molar-refractivity contribution in [2.45, 2.75) is 45.8 Å². The summed E-state index contributed by atoms with van der Waals surface area (Å²) in [6.45, 7) is 7.61. The van der Waals surface area contributed by atoms with Crippen molar-refractivity contribution in [1.29, 1.82) is 5.26 Å². The number of nitrogens with two attached hydrogens (primary N) is 1. The standard InChI is InChI=1S/C31H33N3O7S/c1-16(2)40-21-10-8-18(12-23(21)37-5)13-25-29(35)34-28(33)20(15-32)26(27(30(34)42-25)31(36)39-7)19-9-11-22(41-17(3)4)24(14-19)38-6/h8-14,16-17,26H,33H2,1-7H3/b25-13-/t26-/m1/s1. The molecule has 0 radical (unpaired) electrons. The number of fused-ring (bicyclic) bond motifs is 1. The van der Waals surface area contributed by atoms with Crippen LogP contribution in [0.5, 0.6) is 23.0 Å². The molecule has 0 aliphatic carbocycles. The molecule has 1 aromatic heterocycles. The molecule has 0 unspecified atom stereocenters. The first kappa shape index (κ1) is 30.3. The number of aromatic nitrogens is 1. The fourth-order valence-electron chi connectivity index (χ4n) is 4.68. The van der Waals surface area contributed by atoms with Crippen LogP contribution in [0.4, 0.5) is 0 Å². The zero-order valence-corrected chi connectivity index (χ0v) is 25.3. The van der Waals surface area contributed by atoms with Gasteiger partial charge in [-0.25, -0.2) is 4.79 Å². The summed E-state index contributed by atoms with van der Waals surface area (Å²) in [4.78, 5) is 27.0. The van der Waals surface area contributed by atoms with E-state index in [9.17, 15) is 14.9 Å². The molecule has 1 aliphatic heterocycles. The molecular weight excluding hydrogens is 558 g/mol. The van der Waals surface area contributed by atoms with E-state index in [2.05, 4.69) is 6.07 Å². The number of thiazole rings is 1. The SMILES string of the molecule is COC(=O)C1=c2s/c(=C\c3ccc(OC(C)C)c(OC)c3)c(=O)n2C(N)=C(C#N)[C@H]1c1ccc(OC(C)C)c(OC)c1. The highest BCUT2D eigenvalue weighted by molar-refractivity contribution is 7.07. The summed E-state index contributed by atoms with van der Waals surface area (Å²) in [5.41, 5.74) is 7.37. The van der Waals surface area contributed by atoms with Gasteiger partial charge in [-0.1, -0.05) is 12.1 Å². The van der Waals surface area contributed by atoms with Crippen LogP contribution >= 0.6 is 11.3 Å². The number of nitrogens with zero attached hydrogens (tertiary/aromatic N) is 2. The van der Waals surface area contributed by atoms with Gasteiger partial charge in [0.15, 0.2) is 23.0 Å². The number of carbonyl (C=O) groups excluding carboxylic acids is 1. The highest BCUT2D eigenvalue weighted by atomic mass is 32.1. The summed E-state index contributed by atoms with van der Waals surface area (Å²) in [5, 5.41) is 10.2. The number of rotatable bonds is 9. The minimum atomic E-state index is -0.914. The normalized spacial score (nSPS) is 15.0. The Hall–Kier alpha value is -4.69. The lowest BCUT2D eigenvalue weighted by molar-refractivity contribution is -0.134. The van der Waals surface area contributed by atoms with E-state index in [1.807, 2.05) is 27.7 Å². The molecule has 2 N–H and O–H groups in total. The molecule has 4 rings (SSSR count). The van der Waals surface area contributed by atoms with Gasteiger partial charge in [0.1, 0.15) is 10.5 Å². The predicted molar refractivity (Wildman–Crippen MR) is 160 cm³/mol. The molecule has 0 saturated heterocycles. The van der Waals surface area contributed by atoms with Crippen molar-refractivity contribution in [3.8, 4) is 29.1 Å². The van der Waals surface area contributed by atoms with Gasteiger partial charge >= 0.3 is 5.97 Å². The molecule has 220 valence electrons. The van der Waals surface area contributed by atoms with Gasteiger partial charge in [0.05, 0.1) is 61.2 Å². The van der Waals surface area contributed by atoms with E-state index in [1.54, 1.807) is 42.5 Å². The van der Waals surface area contributed by atoms with Crippen LogP contribution in [0.1, 0.15) is 44.7 Å². The van der Waals surface area contributed by atoms with E-state index in [0.29, 0.717) is 38.7 Å². The first-order valence-corrected chi connectivity index (χ1v) is 14.0. The molecule has 0 fully saturated rings. The third-order valence-corrected chi connectivity index (χ3v) is 7.51. The molecule has 2 heterocycles. The zero-order chi connectivity index (χ0) is 30.7. The third-order valence-electron chi connectivity index (χ3n) is 6.41. The average Bonchev–Trinajstić information content (AvgIpc) is 3.28. The Labute approximate surface area is 247 Å². The number of nitriles is 1. The lowest BCUT2D eigenvalue weighted by Gasteiger charge is -2.25. The third kappa shape index (κ3) is 5.71. The van der Waals surface area contributed by atoms with Crippen molar-refractivity contribution < 1.29 is 28.5 Å². The lowest BCUT2D eigenvalue weighted by Crippen LogP contribution is -2.40. The fraction of sp³-hybridized carbons (Fsp3) is 0.323. The Morgan fingerprint density at radius 2 is 1.57 bits per heavy atom. The van der Waals surface area contributed by atoms with Crippen molar-refractivity contribution >= 4 is 34.8 Å². The van der Waals surface area contributed by atoms with Crippen LogP contribution in [0.15, 0.2) is 46.8 Å². The molecule has 42 heavy (non-hydrogen) atoms. The van der Waals surface area contributed by atoms with Crippen LogP contribution < -0.4 is 39.4 Å². The summed E-state index contributed by atoms with van der Waals surface area (Å²) < 4.78 is 29.6. The number of ether oxygens (including phenoxy) is 5. The largest absolute Gasteiger partial charge is 0.493 e. The van der Waals surface area contributed by atoms with E-state index in [4.69, 9.17) is 29.4 Å². The summed E-state index contributed by atoms with van der Waals surface area (Å²) in [7, 11) is 4.29. The van der Waals surface area contributed by atoms with Crippen molar-refractivity contribution in [2.75, 3.05) is 21.3 Å². The number of carbonyl (C=O) groups is 1. The van der Waals surface area contributed by atoms with E-state index in [-0.39, 0.29) is 33.8 Å². The smallest absolute Gasteiger partial charge is 0.337 e. The lowest BCUT2D eigenvalue weighted by atomic mass is 9.83. The van der Waals surface area contributed by atoms with Gasteiger partial charge in [-0.3, -0.25) is 9.36 Å². The van der Waals surface area contributed by atoms with Crippen LogP contribution in [0.25, 0.3) is 17.5 Å². The van der Waals surface area contributed by atoms with Gasteiger partial charge in [0.25, 0.3) is 5.56 Å². The second-order valence-electron chi connectivity index (χ2n) is 9.96. The Bertz CT molecular complexity index is 1780. The second kappa shape index (κ2) is 12.4. The molecular formula is C31H33N3O7S. The molecule has 0 spiro atoms. The molecule has 0 saturated carbocycles. The maximum absolute atomic E-state index is 13.7. The van der Waals surface area contributed by atoms with Crippen LogP contribution in [0.3, 0.4) is 0 Å². The van der Waals surface area contributed by atoms with E-state index in [0.717, 1.165) is 11.3 Å². The first-order valence-electron chi connectivity index (χ1n) is 13.2. The van der Waals surface area contributed by atoms with Gasteiger partial charge < -0.3 is 29.4 Å². The Kier molecular flexibility index (Phi) is 8.97. The summed E-state index contributed by atoms with van der Waals surface area (Å²) in [5.74, 6) is 0.331. The number of esters is 1. The summed E-state index contributed by atoms with van der Waals surface area (Å²) >= 11 is 1.08. The number of allylic oxidation sites excluding steroid dienone is 1. The summed E-state index contributed by atoms with van der Waals surface area (Å²) in [6, 6.07) is 12.6. The maximum atomic E-state index is 13.7. The molecule has 0 amide bonds. The number of benzene rings is 2. The number of methoxy groups -OCH3 is 3. The van der Waals surface area contributed by atoms with Gasteiger partial charge in [-0.05, 0) is 69.2 Å². The second-order valence-corrected chi connectivity index (χ2v) is 11.0. The Morgan fingerprint density at radius 3 is 2.12 bits per heavy atom. The molecule has 11 heteroatoms. The van der Waals surface area contributed by atoms with Gasteiger partial charge in [-0.15, -0.1) is 11.3 Å². The van der Waals surface area contributed by atoms with Crippen molar-refractivity contribution in [3.05, 3.63) is 72.6 Å².